The molecule has 9 heteroatoms. The molecule has 0 unspecified atom stereocenters. The number of ether oxygens (including phenoxy) is 2. The largest absolute Gasteiger partial charge is 0.383 e. The van der Waals surface area contributed by atoms with Gasteiger partial charge in [-0.1, -0.05) is 0 Å². The highest BCUT2D eigenvalue weighted by molar-refractivity contribution is 5.88. The van der Waals surface area contributed by atoms with Crippen molar-refractivity contribution >= 4 is 17.1 Å². The molecule has 0 atom stereocenters. The maximum atomic E-state index is 13.7. The van der Waals surface area contributed by atoms with Gasteiger partial charge in [-0.05, 0) is 6.07 Å². The van der Waals surface area contributed by atoms with E-state index in [4.69, 9.17) is 14.5 Å². The zero-order chi connectivity index (χ0) is 17.9. The molecule has 26 heavy (non-hydrogen) atoms. The number of imidazole rings is 1. The van der Waals surface area contributed by atoms with E-state index in [1.165, 1.54) is 12.3 Å². The van der Waals surface area contributed by atoms with Gasteiger partial charge in [-0.15, -0.1) is 0 Å². The first kappa shape index (κ1) is 16.8. The summed E-state index contributed by atoms with van der Waals surface area (Å²) in [7, 11) is 1.65. The van der Waals surface area contributed by atoms with Gasteiger partial charge in [0, 0.05) is 38.5 Å². The van der Waals surface area contributed by atoms with E-state index in [0.29, 0.717) is 67.8 Å². The predicted molar refractivity (Wildman–Crippen MR) is 93.4 cm³/mol. The molecule has 1 saturated heterocycles. The molecule has 0 saturated carbocycles. The van der Waals surface area contributed by atoms with Crippen LogP contribution in [0.2, 0.25) is 0 Å². The summed E-state index contributed by atoms with van der Waals surface area (Å²) < 4.78 is 26.2. The Morgan fingerprint density at radius 2 is 2.08 bits per heavy atom. The number of pyridine rings is 1. The van der Waals surface area contributed by atoms with Gasteiger partial charge in [-0.3, -0.25) is 4.98 Å². The van der Waals surface area contributed by atoms with Gasteiger partial charge in [-0.2, -0.15) is 4.98 Å². The molecule has 0 spiro atoms. The first-order valence-corrected chi connectivity index (χ1v) is 8.41. The minimum Gasteiger partial charge on any atom is -0.383 e. The number of fused-ring (bicyclic) bond motifs is 1. The average molecular weight is 358 g/mol. The fourth-order valence-electron chi connectivity index (χ4n) is 2.93. The molecule has 1 aliphatic heterocycles. The zero-order valence-electron chi connectivity index (χ0n) is 14.4. The van der Waals surface area contributed by atoms with E-state index in [-0.39, 0.29) is 0 Å². The second kappa shape index (κ2) is 7.30. The maximum Gasteiger partial charge on any atom is 0.228 e. The lowest BCUT2D eigenvalue weighted by atomic mass is 10.2. The third kappa shape index (κ3) is 3.23. The van der Waals surface area contributed by atoms with Crippen LogP contribution in [0.4, 0.5) is 10.3 Å². The lowest BCUT2D eigenvalue weighted by Gasteiger charge is -2.27. The Bertz CT molecular complexity index is 909. The number of halogens is 1. The van der Waals surface area contributed by atoms with Crippen LogP contribution in [-0.2, 0) is 16.0 Å². The number of morpholine rings is 1. The highest BCUT2D eigenvalue weighted by Crippen LogP contribution is 2.27. The summed E-state index contributed by atoms with van der Waals surface area (Å²) in [6, 6.07) is 1.41. The third-order valence-electron chi connectivity index (χ3n) is 4.26. The minimum absolute atomic E-state index is 0.416. The molecule has 1 aliphatic rings. The van der Waals surface area contributed by atoms with Gasteiger partial charge in [0.25, 0.3) is 0 Å². The quantitative estimate of drug-likeness (QED) is 0.684. The molecule has 0 bridgehead atoms. The van der Waals surface area contributed by atoms with E-state index in [9.17, 15) is 4.39 Å². The van der Waals surface area contributed by atoms with Crippen LogP contribution in [0.5, 0.6) is 0 Å². The van der Waals surface area contributed by atoms with E-state index < -0.39 is 5.82 Å². The van der Waals surface area contributed by atoms with E-state index in [1.807, 2.05) is 4.57 Å². The van der Waals surface area contributed by atoms with Crippen molar-refractivity contribution in [1.29, 1.82) is 0 Å². The fourth-order valence-corrected chi connectivity index (χ4v) is 2.93. The molecule has 136 valence electrons. The number of anilines is 1. The van der Waals surface area contributed by atoms with Crippen molar-refractivity contribution < 1.29 is 13.9 Å². The normalized spacial score (nSPS) is 14.9. The number of methoxy groups -OCH3 is 1. The van der Waals surface area contributed by atoms with Gasteiger partial charge in [0.05, 0.1) is 32.3 Å². The molecular weight excluding hydrogens is 339 g/mol. The smallest absolute Gasteiger partial charge is 0.228 e. The summed E-state index contributed by atoms with van der Waals surface area (Å²) in [5.74, 6) is 0.167. The summed E-state index contributed by atoms with van der Waals surface area (Å²) >= 11 is 0. The SMILES string of the molecule is COCCn1cnc2c(-c3cncc(F)c3)nc(N3CCOCC3)nc21. The lowest BCUT2D eigenvalue weighted by Crippen LogP contribution is -2.37. The monoisotopic (exact) mass is 358 g/mol. The van der Waals surface area contributed by atoms with Crippen LogP contribution < -0.4 is 4.90 Å². The highest BCUT2D eigenvalue weighted by Gasteiger charge is 2.20. The summed E-state index contributed by atoms with van der Waals surface area (Å²) in [6.07, 6.45) is 4.46. The van der Waals surface area contributed by atoms with Crippen molar-refractivity contribution in [2.75, 3.05) is 44.9 Å². The van der Waals surface area contributed by atoms with E-state index >= 15 is 0 Å². The number of rotatable bonds is 5. The van der Waals surface area contributed by atoms with Crippen molar-refractivity contribution in [2.24, 2.45) is 0 Å². The van der Waals surface area contributed by atoms with Crippen LogP contribution in [0.3, 0.4) is 0 Å². The molecule has 4 rings (SSSR count). The van der Waals surface area contributed by atoms with Gasteiger partial charge < -0.3 is 18.9 Å². The Hall–Kier alpha value is -2.65. The molecule has 1 fully saturated rings. The van der Waals surface area contributed by atoms with Crippen LogP contribution in [0.25, 0.3) is 22.4 Å². The van der Waals surface area contributed by atoms with Gasteiger partial charge >= 0.3 is 0 Å². The van der Waals surface area contributed by atoms with E-state index in [0.717, 1.165) is 0 Å². The first-order chi connectivity index (χ1) is 12.8. The summed E-state index contributed by atoms with van der Waals surface area (Å²) in [5, 5.41) is 0. The summed E-state index contributed by atoms with van der Waals surface area (Å²) in [4.78, 5) is 19.8. The molecule has 0 amide bonds. The number of aromatic nitrogens is 5. The van der Waals surface area contributed by atoms with Gasteiger partial charge in [0.15, 0.2) is 5.65 Å². The predicted octanol–water partition coefficient (Wildman–Crippen LogP) is 1.51. The van der Waals surface area contributed by atoms with Gasteiger partial charge in [0.1, 0.15) is 17.0 Å². The van der Waals surface area contributed by atoms with Crippen LogP contribution in [0, 0.1) is 5.82 Å². The van der Waals surface area contributed by atoms with Gasteiger partial charge in [-0.25, -0.2) is 14.4 Å². The Morgan fingerprint density at radius 3 is 2.85 bits per heavy atom. The topological polar surface area (TPSA) is 78.2 Å². The fraction of sp³-hybridized carbons (Fsp3) is 0.412. The number of nitrogens with zero attached hydrogens (tertiary/aromatic N) is 6. The number of hydrogen-bond acceptors (Lipinski definition) is 7. The van der Waals surface area contributed by atoms with E-state index in [1.54, 1.807) is 19.6 Å². The standard InChI is InChI=1S/C17H19FN6O2/c1-25-5-2-24-11-20-15-14(12-8-13(18)10-19-9-12)21-17(22-16(15)24)23-3-6-26-7-4-23/h8-11H,2-7H2,1H3. The molecule has 0 aromatic carbocycles. The summed E-state index contributed by atoms with van der Waals surface area (Å²) in [6.45, 7) is 3.83. The third-order valence-corrected chi connectivity index (χ3v) is 4.26. The summed E-state index contributed by atoms with van der Waals surface area (Å²) in [5.41, 5.74) is 2.45. The Morgan fingerprint density at radius 1 is 1.23 bits per heavy atom. The Balaban J connectivity index is 1.86. The molecule has 0 aliphatic carbocycles. The van der Waals surface area contributed by atoms with Crippen LogP contribution in [0.15, 0.2) is 24.8 Å². The van der Waals surface area contributed by atoms with Crippen molar-refractivity contribution in [2.45, 2.75) is 6.54 Å². The Kier molecular flexibility index (Phi) is 4.72. The minimum atomic E-state index is -0.416. The second-order valence-electron chi connectivity index (χ2n) is 5.97. The van der Waals surface area contributed by atoms with Crippen molar-refractivity contribution in [3.8, 4) is 11.3 Å². The van der Waals surface area contributed by atoms with Crippen molar-refractivity contribution in [1.82, 2.24) is 24.5 Å². The zero-order valence-corrected chi connectivity index (χ0v) is 14.4. The second-order valence-corrected chi connectivity index (χ2v) is 5.97. The highest BCUT2D eigenvalue weighted by atomic mass is 19.1. The number of hydrogen-bond donors (Lipinski definition) is 0. The molecule has 3 aromatic rings. The van der Waals surface area contributed by atoms with Crippen molar-refractivity contribution in [3.63, 3.8) is 0 Å². The molecule has 3 aromatic heterocycles. The van der Waals surface area contributed by atoms with Gasteiger partial charge in [0.2, 0.25) is 5.95 Å². The van der Waals surface area contributed by atoms with Crippen LogP contribution in [0.1, 0.15) is 0 Å². The molecule has 0 N–H and O–H groups in total. The van der Waals surface area contributed by atoms with E-state index in [2.05, 4.69) is 19.9 Å². The first-order valence-electron chi connectivity index (χ1n) is 8.41. The maximum absolute atomic E-state index is 13.7. The average Bonchev–Trinajstić information content (AvgIpc) is 3.09. The van der Waals surface area contributed by atoms with Crippen LogP contribution in [-0.4, -0.2) is 64.5 Å². The molecule has 4 heterocycles. The molecular formula is C17H19FN6O2. The van der Waals surface area contributed by atoms with Crippen LogP contribution >= 0.6 is 0 Å². The lowest BCUT2D eigenvalue weighted by molar-refractivity contribution is 0.122. The Labute approximate surface area is 149 Å². The molecule has 8 nitrogen and oxygen atoms in total. The van der Waals surface area contributed by atoms with Crippen molar-refractivity contribution in [3.05, 3.63) is 30.6 Å². The molecule has 0 radical (unpaired) electrons.